The van der Waals surface area contributed by atoms with Gasteiger partial charge < -0.3 is 18.9 Å². The number of rotatable bonds is 10. The number of hydrogen-bond acceptors (Lipinski definition) is 5. The van der Waals surface area contributed by atoms with Crippen molar-refractivity contribution >= 4 is 0 Å². The van der Waals surface area contributed by atoms with E-state index in [0.29, 0.717) is 32.0 Å². The normalized spacial score (nSPS) is 33.6. The zero-order valence-corrected chi connectivity index (χ0v) is 23.6. The molecular weight excluding hydrogens is 599 g/mol. The molecule has 0 aromatic heterocycles. The summed E-state index contributed by atoms with van der Waals surface area (Å²) in [6, 6.07) is -0.0214. The van der Waals surface area contributed by atoms with Crippen molar-refractivity contribution in [3.05, 3.63) is 29.3 Å². The number of unbranched alkanes of at least 4 members (excludes halogenated alkanes) is 1. The van der Waals surface area contributed by atoms with Crippen LogP contribution in [0.15, 0.2) is 12.1 Å². The van der Waals surface area contributed by atoms with E-state index in [9.17, 15) is 39.5 Å². The largest absolute Gasteiger partial charge is 0.527 e. The van der Waals surface area contributed by atoms with Crippen LogP contribution >= 0.6 is 0 Å². The molecule has 1 aromatic rings. The minimum atomic E-state index is -5.91. The average Bonchev–Trinajstić information content (AvgIpc) is 3.48. The highest BCUT2D eigenvalue weighted by Gasteiger charge is 2.62. The average molecular weight is 635 g/mol. The van der Waals surface area contributed by atoms with E-state index in [4.69, 9.17) is 14.2 Å². The minimum absolute atomic E-state index is 0.0107. The van der Waals surface area contributed by atoms with Crippen LogP contribution in [0.1, 0.15) is 83.1 Å². The minimum Gasteiger partial charge on any atom is -0.432 e. The fourth-order valence-corrected chi connectivity index (χ4v) is 7.18. The molecule has 2 saturated carbocycles. The smallest absolute Gasteiger partial charge is 0.432 e. The second-order valence-corrected chi connectivity index (χ2v) is 12.3. The van der Waals surface area contributed by atoms with Crippen molar-refractivity contribution in [2.45, 2.75) is 108 Å². The van der Waals surface area contributed by atoms with Crippen molar-refractivity contribution in [3.8, 4) is 5.75 Å². The van der Waals surface area contributed by atoms with Crippen molar-refractivity contribution in [2.75, 3.05) is 13.2 Å². The zero-order valence-electron chi connectivity index (χ0n) is 23.6. The Morgan fingerprint density at radius 3 is 1.86 bits per heavy atom. The van der Waals surface area contributed by atoms with Crippen LogP contribution in [0.3, 0.4) is 0 Å². The molecule has 4 fully saturated rings. The summed E-state index contributed by atoms with van der Waals surface area (Å²) in [5.74, 6) is -7.24. The molecule has 2 bridgehead atoms. The summed E-state index contributed by atoms with van der Waals surface area (Å²) >= 11 is 0. The Balaban J connectivity index is 1.12. The maximum atomic E-state index is 15.0. The van der Waals surface area contributed by atoms with Gasteiger partial charge in [0.2, 0.25) is 0 Å². The summed E-state index contributed by atoms with van der Waals surface area (Å²) in [5.41, 5.74) is -2.73. The van der Waals surface area contributed by atoms with Gasteiger partial charge in [-0.3, -0.25) is 0 Å². The zero-order chi connectivity index (χ0) is 31.3. The molecule has 0 N–H and O–H groups in total. The van der Waals surface area contributed by atoms with Gasteiger partial charge in [-0.2, -0.15) is 17.6 Å². The molecule has 0 unspecified atom stereocenters. The van der Waals surface area contributed by atoms with E-state index in [2.05, 4.69) is 16.4 Å². The number of hydrogen-bond donors (Lipinski definition) is 0. The maximum absolute atomic E-state index is 15.0. The standard InChI is InChI=1S/C29H35F9O5/c1-2-3-12-25-15-39-28(42-25,40-16-25)20-10-6-18(7-11-20)17-4-8-19(9-5-17)26(32,33)41-21-13-22(30)24(23(31)14-21)27(34,35)43-29(36,37)38/h13-14,17-20H,2-12,15-16H2,1H3. The second-order valence-electron chi connectivity index (χ2n) is 12.3. The highest BCUT2D eigenvalue weighted by Crippen LogP contribution is 2.53. The van der Waals surface area contributed by atoms with Gasteiger partial charge in [0.1, 0.15) is 28.5 Å². The van der Waals surface area contributed by atoms with Crippen LogP contribution in [0.4, 0.5) is 39.5 Å². The van der Waals surface area contributed by atoms with Crippen molar-refractivity contribution in [2.24, 2.45) is 23.7 Å². The second kappa shape index (κ2) is 11.9. The topological polar surface area (TPSA) is 46.2 Å². The van der Waals surface area contributed by atoms with Gasteiger partial charge in [0.25, 0.3) is 5.97 Å². The van der Waals surface area contributed by atoms with E-state index in [1.54, 1.807) is 0 Å². The first-order valence-electron chi connectivity index (χ1n) is 14.8. The van der Waals surface area contributed by atoms with Crippen LogP contribution in [0, 0.1) is 35.3 Å². The Kier molecular flexibility index (Phi) is 9.00. The lowest BCUT2D eigenvalue weighted by molar-refractivity contribution is -0.432. The summed E-state index contributed by atoms with van der Waals surface area (Å²) in [6.07, 6.45) is -7.75. The molecule has 0 spiro atoms. The number of ether oxygens (including phenoxy) is 5. The van der Waals surface area contributed by atoms with Gasteiger partial charge in [-0.25, -0.2) is 13.5 Å². The number of fused-ring (bicyclic) bond motifs is 2. The molecule has 43 heavy (non-hydrogen) atoms. The highest BCUT2D eigenvalue weighted by molar-refractivity contribution is 5.32. The predicted molar refractivity (Wildman–Crippen MR) is 132 cm³/mol. The molecule has 0 atom stereocenters. The molecule has 0 radical (unpaired) electrons. The summed E-state index contributed by atoms with van der Waals surface area (Å²) in [5, 5.41) is 0. The van der Waals surface area contributed by atoms with Crippen molar-refractivity contribution in [3.63, 3.8) is 0 Å². The van der Waals surface area contributed by atoms with Crippen LogP contribution < -0.4 is 4.74 Å². The van der Waals surface area contributed by atoms with E-state index in [-0.39, 0.29) is 42.4 Å². The van der Waals surface area contributed by atoms with E-state index >= 15 is 0 Å². The SMILES string of the molecule is CCCCC12COC(C3CCC(C4CCC(C(F)(F)Oc5cc(F)c(C(F)(F)OC(F)(F)F)c(F)c5)CC4)CC3)(OC1)O2. The molecule has 2 heterocycles. The van der Waals surface area contributed by atoms with Gasteiger partial charge in [-0.1, -0.05) is 19.8 Å². The van der Waals surface area contributed by atoms with Gasteiger partial charge in [0, 0.05) is 18.1 Å². The molecule has 14 heteroatoms. The summed E-state index contributed by atoms with van der Waals surface area (Å²) in [7, 11) is 0. The van der Waals surface area contributed by atoms with Crippen LogP contribution in [0.2, 0.25) is 0 Å². The van der Waals surface area contributed by atoms with Crippen molar-refractivity contribution in [1.29, 1.82) is 0 Å². The van der Waals surface area contributed by atoms with Crippen molar-refractivity contribution in [1.82, 2.24) is 0 Å². The summed E-state index contributed by atoms with van der Waals surface area (Å²) in [4.78, 5) is 0. The first kappa shape index (κ1) is 32.6. The molecule has 4 aliphatic rings. The first-order chi connectivity index (χ1) is 20.1. The third kappa shape index (κ3) is 6.91. The lowest BCUT2D eigenvalue weighted by Gasteiger charge is -2.41. The number of alkyl halides is 7. The van der Waals surface area contributed by atoms with E-state index in [1.807, 2.05) is 0 Å². The predicted octanol–water partition coefficient (Wildman–Crippen LogP) is 8.79. The molecule has 0 amide bonds. The van der Waals surface area contributed by atoms with Crippen molar-refractivity contribution < 1.29 is 63.2 Å². The van der Waals surface area contributed by atoms with Crippen LogP contribution in [-0.4, -0.2) is 37.3 Å². The van der Waals surface area contributed by atoms with Gasteiger partial charge in [-0.05, 0) is 69.6 Å². The molecule has 5 nitrogen and oxygen atoms in total. The fraction of sp³-hybridized carbons (Fsp3) is 0.793. The lowest BCUT2D eigenvalue weighted by Crippen LogP contribution is -2.43. The third-order valence-electron chi connectivity index (χ3n) is 9.41. The van der Waals surface area contributed by atoms with Gasteiger partial charge in [-0.15, -0.1) is 13.2 Å². The Morgan fingerprint density at radius 1 is 0.814 bits per heavy atom. The highest BCUT2D eigenvalue weighted by atomic mass is 19.4. The van der Waals surface area contributed by atoms with E-state index in [1.165, 1.54) is 0 Å². The lowest BCUT2D eigenvalue weighted by atomic mass is 9.68. The summed E-state index contributed by atoms with van der Waals surface area (Å²) in [6.45, 7) is 3.17. The monoisotopic (exact) mass is 634 g/mol. The molecule has 2 saturated heterocycles. The van der Waals surface area contributed by atoms with Crippen LogP contribution in [0.25, 0.3) is 0 Å². The summed E-state index contributed by atoms with van der Waals surface area (Å²) < 4.78 is 148. The quantitative estimate of drug-likeness (QED) is 0.241. The van der Waals surface area contributed by atoms with Crippen LogP contribution in [0.5, 0.6) is 5.75 Å². The van der Waals surface area contributed by atoms with E-state index < -0.39 is 53.4 Å². The van der Waals surface area contributed by atoms with E-state index in [0.717, 1.165) is 44.9 Å². The fourth-order valence-electron chi connectivity index (χ4n) is 7.18. The molecule has 2 aliphatic heterocycles. The van der Waals surface area contributed by atoms with Gasteiger partial charge >= 0.3 is 18.6 Å². The molecular formula is C29H35F9O5. The molecule has 1 aromatic carbocycles. The van der Waals surface area contributed by atoms with Gasteiger partial charge in [0.05, 0.1) is 19.1 Å². The number of halogens is 9. The Bertz CT molecular complexity index is 1100. The van der Waals surface area contributed by atoms with Crippen LogP contribution in [-0.2, 0) is 25.1 Å². The Morgan fingerprint density at radius 2 is 1.35 bits per heavy atom. The molecule has 244 valence electrons. The van der Waals surface area contributed by atoms with Gasteiger partial charge in [0.15, 0.2) is 0 Å². The maximum Gasteiger partial charge on any atom is 0.527 e. The first-order valence-corrected chi connectivity index (χ1v) is 14.8. The Hall–Kier alpha value is -1.77. The number of benzene rings is 1. The molecule has 5 rings (SSSR count). The Labute approximate surface area is 243 Å². The third-order valence-corrected chi connectivity index (χ3v) is 9.41. The molecule has 2 aliphatic carbocycles.